The lowest BCUT2D eigenvalue weighted by atomic mass is 10.0. The molecule has 2 rings (SSSR count). The van der Waals surface area contributed by atoms with Crippen molar-refractivity contribution in [1.29, 1.82) is 0 Å². The van der Waals surface area contributed by atoms with Crippen LogP contribution in [0.15, 0.2) is 0 Å². The summed E-state index contributed by atoms with van der Waals surface area (Å²) >= 11 is 0. The third-order valence-corrected chi connectivity index (χ3v) is 5.30. The van der Waals surface area contributed by atoms with E-state index in [-0.39, 0.29) is 12.3 Å². The first-order valence-corrected chi connectivity index (χ1v) is 6.92. The smallest absolute Gasteiger partial charge is 0.215 e. The molecule has 2 atom stereocenters. The topological polar surface area (TPSA) is 63.4 Å². The van der Waals surface area contributed by atoms with Crippen molar-refractivity contribution in [3.8, 4) is 0 Å². The van der Waals surface area contributed by atoms with Gasteiger partial charge in [0.05, 0.1) is 5.75 Å². The zero-order valence-corrected chi connectivity index (χ0v) is 9.17. The van der Waals surface area contributed by atoms with E-state index in [0.717, 1.165) is 13.1 Å². The van der Waals surface area contributed by atoms with Gasteiger partial charge in [0.15, 0.2) is 0 Å². The molecule has 1 aliphatic carbocycles. The van der Waals surface area contributed by atoms with Gasteiger partial charge in [0, 0.05) is 19.6 Å². The average molecular weight is 218 g/mol. The van der Waals surface area contributed by atoms with Crippen LogP contribution in [0.2, 0.25) is 0 Å². The molecule has 0 radical (unpaired) electrons. The van der Waals surface area contributed by atoms with Gasteiger partial charge in [-0.15, -0.1) is 0 Å². The van der Waals surface area contributed by atoms with E-state index in [1.807, 2.05) is 0 Å². The van der Waals surface area contributed by atoms with Crippen molar-refractivity contribution in [2.24, 2.45) is 17.6 Å². The molecule has 0 amide bonds. The van der Waals surface area contributed by atoms with Gasteiger partial charge in [0.2, 0.25) is 10.0 Å². The Morgan fingerprint density at radius 1 is 1.21 bits per heavy atom. The fraction of sp³-hybridized carbons (Fsp3) is 1.00. The number of hydrogen-bond donors (Lipinski definition) is 1. The number of fused-ring (bicyclic) bond motifs is 1. The van der Waals surface area contributed by atoms with Crippen molar-refractivity contribution >= 4 is 10.0 Å². The lowest BCUT2D eigenvalue weighted by molar-refractivity contribution is 0.445. The van der Waals surface area contributed by atoms with E-state index >= 15 is 0 Å². The van der Waals surface area contributed by atoms with Gasteiger partial charge in [-0.25, -0.2) is 12.7 Å². The van der Waals surface area contributed by atoms with Gasteiger partial charge in [-0.1, -0.05) is 6.42 Å². The van der Waals surface area contributed by atoms with Crippen molar-refractivity contribution in [2.45, 2.75) is 19.3 Å². The van der Waals surface area contributed by atoms with Crippen molar-refractivity contribution in [3.63, 3.8) is 0 Å². The maximum absolute atomic E-state index is 11.7. The van der Waals surface area contributed by atoms with Crippen LogP contribution in [0.25, 0.3) is 0 Å². The van der Waals surface area contributed by atoms with Gasteiger partial charge in [-0.05, 0) is 24.7 Å². The highest BCUT2D eigenvalue weighted by Gasteiger charge is 2.40. The van der Waals surface area contributed by atoms with E-state index < -0.39 is 10.0 Å². The molecule has 0 aromatic carbocycles. The molecule has 2 unspecified atom stereocenters. The van der Waals surface area contributed by atoms with Crippen LogP contribution in [0.4, 0.5) is 0 Å². The Bertz CT molecular complexity index is 290. The van der Waals surface area contributed by atoms with Crippen LogP contribution in [-0.2, 0) is 10.0 Å². The fourth-order valence-corrected chi connectivity index (χ4v) is 4.09. The maximum atomic E-state index is 11.7. The molecule has 0 bridgehead atoms. The van der Waals surface area contributed by atoms with E-state index in [9.17, 15) is 8.42 Å². The number of nitrogens with zero attached hydrogens (tertiary/aromatic N) is 1. The summed E-state index contributed by atoms with van der Waals surface area (Å²) in [5, 5.41) is 0. The second kappa shape index (κ2) is 3.79. The van der Waals surface area contributed by atoms with Crippen LogP contribution in [-0.4, -0.2) is 38.1 Å². The molecule has 1 heterocycles. The number of nitrogens with two attached hydrogens (primary N) is 1. The molecule has 2 N–H and O–H groups in total. The number of hydrogen-bond acceptors (Lipinski definition) is 3. The lowest BCUT2D eigenvalue weighted by Crippen LogP contribution is -2.34. The minimum atomic E-state index is -3.04. The number of rotatable bonds is 3. The van der Waals surface area contributed by atoms with Gasteiger partial charge in [-0.3, -0.25) is 0 Å². The predicted octanol–water partition coefficient (Wildman–Crippen LogP) is 0.00680. The monoisotopic (exact) mass is 218 g/mol. The van der Waals surface area contributed by atoms with Crippen LogP contribution in [0, 0.1) is 11.8 Å². The molecule has 2 aliphatic rings. The minimum absolute atomic E-state index is 0.104. The summed E-state index contributed by atoms with van der Waals surface area (Å²) in [6, 6.07) is 0. The molecule has 0 spiro atoms. The molecule has 0 aromatic rings. The van der Waals surface area contributed by atoms with Gasteiger partial charge in [0.1, 0.15) is 0 Å². The maximum Gasteiger partial charge on any atom is 0.215 e. The van der Waals surface area contributed by atoms with Gasteiger partial charge in [0.25, 0.3) is 0 Å². The van der Waals surface area contributed by atoms with Crippen LogP contribution >= 0.6 is 0 Å². The SMILES string of the molecule is NCCS(=O)(=O)N1CC2CCCC2C1. The lowest BCUT2D eigenvalue weighted by Gasteiger charge is -2.16. The van der Waals surface area contributed by atoms with Crippen molar-refractivity contribution < 1.29 is 8.42 Å². The Morgan fingerprint density at radius 2 is 1.79 bits per heavy atom. The summed E-state index contributed by atoms with van der Waals surface area (Å²) in [6.45, 7) is 1.72. The van der Waals surface area contributed by atoms with Crippen LogP contribution < -0.4 is 5.73 Å². The molecule has 82 valence electrons. The summed E-state index contributed by atoms with van der Waals surface area (Å²) in [5.74, 6) is 1.36. The second-order valence-corrected chi connectivity index (χ2v) is 6.46. The third kappa shape index (κ3) is 1.81. The first kappa shape index (κ1) is 10.4. The molecule has 0 aromatic heterocycles. The fourth-order valence-electron chi connectivity index (χ4n) is 2.70. The number of sulfonamides is 1. The molecule has 14 heavy (non-hydrogen) atoms. The van der Waals surface area contributed by atoms with E-state index in [4.69, 9.17) is 5.73 Å². The van der Waals surface area contributed by atoms with Crippen LogP contribution in [0.1, 0.15) is 19.3 Å². The van der Waals surface area contributed by atoms with E-state index in [2.05, 4.69) is 0 Å². The van der Waals surface area contributed by atoms with E-state index in [0.29, 0.717) is 11.8 Å². The molecule has 4 nitrogen and oxygen atoms in total. The molecule has 5 heteroatoms. The van der Waals surface area contributed by atoms with Crippen molar-refractivity contribution in [1.82, 2.24) is 4.31 Å². The second-order valence-electron chi connectivity index (χ2n) is 4.37. The molecule has 2 fully saturated rings. The summed E-state index contributed by atoms with van der Waals surface area (Å²) in [4.78, 5) is 0. The largest absolute Gasteiger partial charge is 0.329 e. The highest BCUT2D eigenvalue weighted by atomic mass is 32.2. The Hall–Kier alpha value is -0.130. The summed E-state index contributed by atoms with van der Waals surface area (Å²) in [5.41, 5.74) is 5.29. The summed E-state index contributed by atoms with van der Waals surface area (Å²) < 4.78 is 25.1. The van der Waals surface area contributed by atoms with E-state index in [1.54, 1.807) is 4.31 Å². The molecule has 1 saturated heterocycles. The Morgan fingerprint density at radius 3 is 2.29 bits per heavy atom. The highest BCUT2D eigenvalue weighted by Crippen LogP contribution is 2.38. The zero-order chi connectivity index (χ0) is 10.2. The van der Waals surface area contributed by atoms with E-state index in [1.165, 1.54) is 19.3 Å². The molecule has 1 aliphatic heterocycles. The van der Waals surface area contributed by atoms with Crippen LogP contribution in [0.5, 0.6) is 0 Å². The van der Waals surface area contributed by atoms with Crippen LogP contribution in [0.3, 0.4) is 0 Å². The zero-order valence-electron chi connectivity index (χ0n) is 8.35. The Kier molecular flexibility index (Phi) is 2.81. The normalized spacial score (nSPS) is 33.5. The molecule has 1 saturated carbocycles. The first-order valence-electron chi connectivity index (χ1n) is 5.31. The summed E-state index contributed by atoms with van der Waals surface area (Å²) in [6.07, 6.45) is 3.69. The average Bonchev–Trinajstić information content (AvgIpc) is 2.60. The highest BCUT2D eigenvalue weighted by molar-refractivity contribution is 7.89. The predicted molar refractivity (Wildman–Crippen MR) is 55.2 cm³/mol. The minimum Gasteiger partial charge on any atom is -0.329 e. The van der Waals surface area contributed by atoms with Gasteiger partial charge in [-0.2, -0.15) is 0 Å². The molecular formula is C9H18N2O2S. The standard InChI is InChI=1S/C9H18N2O2S/c10-4-5-14(12,13)11-6-8-2-1-3-9(8)7-11/h8-9H,1-7,10H2. The first-order chi connectivity index (χ1) is 6.63. The van der Waals surface area contributed by atoms with Gasteiger partial charge < -0.3 is 5.73 Å². The van der Waals surface area contributed by atoms with Crippen molar-refractivity contribution in [2.75, 3.05) is 25.4 Å². The third-order valence-electron chi connectivity index (χ3n) is 3.46. The Balaban J connectivity index is 2.02. The Labute approximate surface area is 85.5 Å². The quantitative estimate of drug-likeness (QED) is 0.725. The molecular weight excluding hydrogens is 200 g/mol. The van der Waals surface area contributed by atoms with Crippen molar-refractivity contribution in [3.05, 3.63) is 0 Å². The summed E-state index contributed by atoms with van der Waals surface area (Å²) in [7, 11) is -3.04. The van der Waals surface area contributed by atoms with Gasteiger partial charge >= 0.3 is 0 Å².